The van der Waals surface area contributed by atoms with Gasteiger partial charge in [-0.25, -0.2) is 0 Å². The van der Waals surface area contributed by atoms with E-state index in [9.17, 15) is 9.18 Å². The van der Waals surface area contributed by atoms with Crippen LogP contribution in [0.3, 0.4) is 0 Å². The molecule has 15 heavy (non-hydrogen) atoms. The average Bonchev–Trinajstić information content (AvgIpc) is 2.62. The summed E-state index contributed by atoms with van der Waals surface area (Å²) < 4.78 is 13.5. The van der Waals surface area contributed by atoms with Crippen molar-refractivity contribution in [2.45, 2.75) is 0 Å². The van der Waals surface area contributed by atoms with Crippen LogP contribution in [0.5, 0.6) is 0 Å². The molecule has 0 saturated heterocycles. The average molecular weight is 221 g/mol. The maximum absolute atomic E-state index is 13.5. The van der Waals surface area contributed by atoms with E-state index >= 15 is 0 Å². The fraction of sp³-hybridized carbons (Fsp3) is 0. The Bertz CT molecular complexity index is 493. The largest absolute Gasteiger partial charge is 0.365 e. The summed E-state index contributed by atoms with van der Waals surface area (Å²) in [7, 11) is 0. The quantitative estimate of drug-likeness (QED) is 0.832. The van der Waals surface area contributed by atoms with Gasteiger partial charge in [-0.05, 0) is 11.6 Å². The molecule has 1 amide bonds. The second kappa shape index (κ2) is 3.82. The van der Waals surface area contributed by atoms with Crippen LogP contribution in [0.15, 0.2) is 36.4 Å². The molecule has 2 nitrogen and oxygen atoms in total. The van der Waals surface area contributed by atoms with Crippen LogP contribution in [0.1, 0.15) is 9.67 Å². The van der Waals surface area contributed by atoms with E-state index in [-0.39, 0.29) is 10.0 Å². The summed E-state index contributed by atoms with van der Waals surface area (Å²) in [5.74, 6) is -0.596. The third-order valence-corrected chi connectivity index (χ3v) is 2.95. The molecular weight excluding hydrogens is 213 g/mol. The molecular formula is C11H8FNOS. The maximum atomic E-state index is 13.5. The van der Waals surface area contributed by atoms with E-state index in [1.807, 2.05) is 18.2 Å². The molecule has 1 aromatic carbocycles. The SMILES string of the molecule is NC(=O)c1cc(-c2ccccc2)c(F)s1. The second-order valence-corrected chi connectivity index (χ2v) is 4.03. The molecule has 2 N–H and O–H groups in total. The summed E-state index contributed by atoms with van der Waals surface area (Å²) in [6.45, 7) is 0. The lowest BCUT2D eigenvalue weighted by molar-refractivity contribution is 0.100. The summed E-state index contributed by atoms with van der Waals surface area (Å²) in [4.78, 5) is 11.1. The van der Waals surface area contributed by atoms with E-state index in [0.29, 0.717) is 5.56 Å². The van der Waals surface area contributed by atoms with E-state index < -0.39 is 5.91 Å². The number of carbonyl (C=O) groups excluding carboxylic acids is 1. The predicted molar refractivity (Wildman–Crippen MR) is 58.2 cm³/mol. The van der Waals surface area contributed by atoms with Gasteiger partial charge in [0, 0.05) is 5.56 Å². The molecule has 2 rings (SSSR count). The Labute approximate surface area is 90.2 Å². The number of hydrogen-bond acceptors (Lipinski definition) is 2. The van der Waals surface area contributed by atoms with Crippen LogP contribution in [-0.2, 0) is 0 Å². The van der Waals surface area contributed by atoms with E-state index in [1.165, 1.54) is 6.07 Å². The van der Waals surface area contributed by atoms with Crippen molar-refractivity contribution < 1.29 is 9.18 Å². The first-order valence-electron chi connectivity index (χ1n) is 4.33. The Hall–Kier alpha value is -1.68. The standard InChI is InChI=1S/C11H8FNOS/c12-10-8(6-9(15-10)11(13)14)7-4-2-1-3-5-7/h1-6H,(H2,13,14). The zero-order valence-corrected chi connectivity index (χ0v) is 8.55. The monoisotopic (exact) mass is 221 g/mol. The lowest BCUT2D eigenvalue weighted by atomic mass is 10.1. The van der Waals surface area contributed by atoms with Crippen LogP contribution < -0.4 is 5.73 Å². The van der Waals surface area contributed by atoms with Gasteiger partial charge in [0.2, 0.25) is 0 Å². The number of amides is 1. The van der Waals surface area contributed by atoms with E-state index in [4.69, 9.17) is 5.73 Å². The molecule has 0 bridgehead atoms. The summed E-state index contributed by atoms with van der Waals surface area (Å²) in [6, 6.07) is 10.5. The van der Waals surface area contributed by atoms with Crippen LogP contribution >= 0.6 is 11.3 Å². The third-order valence-electron chi connectivity index (χ3n) is 2.01. The number of carbonyl (C=O) groups is 1. The molecule has 4 heteroatoms. The normalized spacial score (nSPS) is 10.2. The molecule has 0 aliphatic heterocycles. The van der Waals surface area contributed by atoms with Gasteiger partial charge in [0.15, 0.2) is 5.13 Å². The number of primary amides is 1. The van der Waals surface area contributed by atoms with Crippen LogP contribution in [0.2, 0.25) is 0 Å². The summed E-state index contributed by atoms with van der Waals surface area (Å²) in [5.41, 5.74) is 6.25. The lowest BCUT2D eigenvalue weighted by Gasteiger charge is -1.95. The first-order chi connectivity index (χ1) is 7.18. The van der Waals surface area contributed by atoms with E-state index in [0.717, 1.165) is 16.9 Å². The van der Waals surface area contributed by atoms with Gasteiger partial charge in [0.1, 0.15) is 0 Å². The Morgan fingerprint density at radius 2 is 1.93 bits per heavy atom. The number of thiophene rings is 1. The van der Waals surface area contributed by atoms with Crippen molar-refractivity contribution in [2.24, 2.45) is 5.73 Å². The minimum atomic E-state index is -0.596. The molecule has 0 saturated carbocycles. The number of rotatable bonds is 2. The van der Waals surface area contributed by atoms with Crippen LogP contribution in [0.25, 0.3) is 11.1 Å². The first-order valence-corrected chi connectivity index (χ1v) is 5.14. The third kappa shape index (κ3) is 1.89. The Morgan fingerprint density at radius 3 is 2.47 bits per heavy atom. The number of nitrogens with two attached hydrogens (primary N) is 1. The molecule has 2 aromatic rings. The van der Waals surface area contributed by atoms with Gasteiger partial charge < -0.3 is 5.73 Å². The lowest BCUT2D eigenvalue weighted by Crippen LogP contribution is -2.08. The highest BCUT2D eigenvalue weighted by Crippen LogP contribution is 2.29. The van der Waals surface area contributed by atoms with Gasteiger partial charge in [-0.1, -0.05) is 30.3 Å². The zero-order chi connectivity index (χ0) is 10.8. The molecule has 0 spiro atoms. The number of benzene rings is 1. The molecule has 0 unspecified atom stereocenters. The minimum absolute atomic E-state index is 0.242. The van der Waals surface area contributed by atoms with Gasteiger partial charge in [-0.15, -0.1) is 11.3 Å². The van der Waals surface area contributed by atoms with Gasteiger partial charge in [0.25, 0.3) is 5.91 Å². The van der Waals surface area contributed by atoms with Gasteiger partial charge >= 0.3 is 0 Å². The highest BCUT2D eigenvalue weighted by atomic mass is 32.1. The molecule has 0 aliphatic carbocycles. The van der Waals surface area contributed by atoms with Crippen molar-refractivity contribution in [3.63, 3.8) is 0 Å². The highest BCUT2D eigenvalue weighted by Gasteiger charge is 2.13. The molecule has 0 aliphatic rings. The Balaban J connectivity index is 2.50. The van der Waals surface area contributed by atoms with Crippen LogP contribution in [0, 0.1) is 5.13 Å². The van der Waals surface area contributed by atoms with Gasteiger partial charge in [-0.3, -0.25) is 4.79 Å². The predicted octanol–water partition coefficient (Wildman–Crippen LogP) is 2.65. The van der Waals surface area contributed by atoms with Crippen molar-refractivity contribution in [1.82, 2.24) is 0 Å². The van der Waals surface area contributed by atoms with Crippen molar-refractivity contribution >= 4 is 17.2 Å². The van der Waals surface area contributed by atoms with Crippen LogP contribution in [-0.4, -0.2) is 5.91 Å². The van der Waals surface area contributed by atoms with Gasteiger partial charge in [0.05, 0.1) is 4.88 Å². The number of hydrogen-bond donors (Lipinski definition) is 1. The van der Waals surface area contributed by atoms with Crippen molar-refractivity contribution in [2.75, 3.05) is 0 Å². The van der Waals surface area contributed by atoms with E-state index in [2.05, 4.69) is 0 Å². The van der Waals surface area contributed by atoms with Crippen LogP contribution in [0.4, 0.5) is 4.39 Å². The summed E-state index contributed by atoms with van der Waals surface area (Å²) in [5, 5.41) is -0.380. The van der Waals surface area contributed by atoms with Gasteiger partial charge in [-0.2, -0.15) is 4.39 Å². The zero-order valence-electron chi connectivity index (χ0n) is 7.74. The second-order valence-electron chi connectivity index (χ2n) is 3.03. The smallest absolute Gasteiger partial charge is 0.258 e. The highest BCUT2D eigenvalue weighted by molar-refractivity contribution is 7.12. The van der Waals surface area contributed by atoms with E-state index in [1.54, 1.807) is 12.1 Å². The molecule has 1 heterocycles. The molecule has 0 radical (unpaired) electrons. The number of halogens is 1. The fourth-order valence-electron chi connectivity index (χ4n) is 1.30. The van der Waals surface area contributed by atoms with Crippen molar-refractivity contribution in [3.05, 3.63) is 46.4 Å². The maximum Gasteiger partial charge on any atom is 0.258 e. The molecule has 0 fully saturated rings. The van der Waals surface area contributed by atoms with Crippen molar-refractivity contribution in [1.29, 1.82) is 0 Å². The fourth-order valence-corrected chi connectivity index (χ4v) is 2.06. The van der Waals surface area contributed by atoms with Crippen molar-refractivity contribution in [3.8, 4) is 11.1 Å². The molecule has 76 valence electrons. The molecule has 0 atom stereocenters. The Morgan fingerprint density at radius 1 is 1.27 bits per heavy atom. The topological polar surface area (TPSA) is 43.1 Å². The Kier molecular flexibility index (Phi) is 2.51. The molecule has 1 aromatic heterocycles. The minimum Gasteiger partial charge on any atom is -0.365 e. The summed E-state index contributed by atoms with van der Waals surface area (Å²) >= 11 is 0.776. The first kappa shape index (κ1) is 9.86. The summed E-state index contributed by atoms with van der Waals surface area (Å²) in [6.07, 6.45) is 0.